The molecule has 0 aliphatic heterocycles. The summed E-state index contributed by atoms with van der Waals surface area (Å²) in [5.41, 5.74) is 15.6. The minimum absolute atomic E-state index is 0.0438. The smallest absolute Gasteiger partial charge is 0.406 e. The summed E-state index contributed by atoms with van der Waals surface area (Å²) in [6.07, 6.45) is 1.12. The van der Waals surface area contributed by atoms with Gasteiger partial charge in [-0.05, 0) is 71.8 Å². The average molecular weight is 566 g/mol. The summed E-state index contributed by atoms with van der Waals surface area (Å²) in [4.78, 5) is 30.9. The van der Waals surface area contributed by atoms with Gasteiger partial charge in [-0.25, -0.2) is 5.53 Å². The van der Waals surface area contributed by atoms with Crippen LogP contribution in [0.1, 0.15) is 65.1 Å². The fraction of sp³-hybridized carbons (Fsp3) is 0.300. The van der Waals surface area contributed by atoms with Gasteiger partial charge in [-0.1, -0.05) is 55.7 Å². The van der Waals surface area contributed by atoms with Crippen LogP contribution in [-0.2, 0) is 17.8 Å². The monoisotopic (exact) mass is 565 g/mol. The van der Waals surface area contributed by atoms with Crippen LogP contribution in [0.4, 0.5) is 18.9 Å². The fourth-order valence-corrected chi connectivity index (χ4v) is 4.89. The van der Waals surface area contributed by atoms with E-state index in [0.717, 1.165) is 18.4 Å². The molecule has 3 N–H and O–H groups in total. The molecule has 2 amide bonds. The summed E-state index contributed by atoms with van der Waals surface area (Å²) in [6, 6.07) is 19.6. The van der Waals surface area contributed by atoms with E-state index in [0.29, 0.717) is 17.2 Å². The van der Waals surface area contributed by atoms with Gasteiger partial charge in [0.15, 0.2) is 0 Å². The van der Waals surface area contributed by atoms with Gasteiger partial charge in [-0.3, -0.25) is 9.59 Å². The number of nitrogens with one attached hydrogen (secondary N) is 1. The molecule has 1 aliphatic carbocycles. The third-order valence-electron chi connectivity index (χ3n) is 6.97. The Labute approximate surface area is 235 Å². The quantitative estimate of drug-likeness (QED) is 0.175. The molecule has 1 saturated carbocycles. The van der Waals surface area contributed by atoms with Gasteiger partial charge >= 0.3 is 6.36 Å². The number of halogens is 3. The Bertz CT molecular complexity index is 1380. The lowest BCUT2D eigenvalue weighted by molar-refractivity contribution is -0.274. The van der Waals surface area contributed by atoms with Crippen molar-refractivity contribution in [3.63, 3.8) is 0 Å². The standard InChI is InChI=1S/C30H30F3N5O3/c31-30(32,33)41-26-16-8-20(9-17-26)18-27(39)38(25-14-12-23(13-15-25)22-4-2-1-3-5-22)19-21-6-10-24(11-7-21)28(40)36-29(34)37-35/h6-17,22,35H,1-5,18-19H2,(H2,34,36,40). The first kappa shape index (κ1) is 29.4. The lowest BCUT2D eigenvalue weighted by Gasteiger charge is -2.25. The van der Waals surface area contributed by atoms with Gasteiger partial charge in [0.05, 0.1) is 13.0 Å². The van der Waals surface area contributed by atoms with Crippen molar-refractivity contribution in [3.8, 4) is 5.75 Å². The molecule has 1 aliphatic rings. The van der Waals surface area contributed by atoms with Gasteiger partial charge in [-0.2, -0.15) is 4.99 Å². The highest BCUT2D eigenvalue weighted by Crippen LogP contribution is 2.34. The number of hydrogen-bond donors (Lipinski definition) is 2. The zero-order valence-corrected chi connectivity index (χ0v) is 22.2. The van der Waals surface area contributed by atoms with Crippen LogP contribution in [0.2, 0.25) is 0 Å². The lowest BCUT2D eigenvalue weighted by Crippen LogP contribution is -2.31. The van der Waals surface area contributed by atoms with Crippen molar-refractivity contribution in [2.24, 2.45) is 15.8 Å². The van der Waals surface area contributed by atoms with Crippen LogP contribution in [0.5, 0.6) is 5.75 Å². The summed E-state index contributed by atoms with van der Waals surface area (Å²) < 4.78 is 41.5. The summed E-state index contributed by atoms with van der Waals surface area (Å²) >= 11 is 0. The Balaban J connectivity index is 1.55. The lowest BCUT2D eigenvalue weighted by atomic mass is 9.84. The summed E-state index contributed by atoms with van der Waals surface area (Å²) in [6.45, 7) is 0.193. The molecular formula is C30H30F3N5O3. The van der Waals surface area contributed by atoms with E-state index in [4.69, 9.17) is 11.3 Å². The number of nitrogens with two attached hydrogens (primary N) is 1. The van der Waals surface area contributed by atoms with Gasteiger partial charge in [0.25, 0.3) is 5.91 Å². The molecule has 0 heterocycles. The molecule has 0 bridgehead atoms. The average Bonchev–Trinajstić information content (AvgIpc) is 2.97. The van der Waals surface area contributed by atoms with Crippen molar-refractivity contribution < 1.29 is 27.5 Å². The molecule has 0 spiro atoms. The fourth-order valence-electron chi connectivity index (χ4n) is 4.89. The molecule has 0 atom stereocenters. The third kappa shape index (κ3) is 8.47. The second-order valence-electron chi connectivity index (χ2n) is 9.86. The number of benzene rings is 3. The molecule has 0 unspecified atom stereocenters. The van der Waals surface area contributed by atoms with Gasteiger partial charge in [0.1, 0.15) is 5.75 Å². The number of rotatable bonds is 8. The number of amides is 2. The Morgan fingerprint density at radius 3 is 2.10 bits per heavy atom. The first-order valence-electron chi connectivity index (χ1n) is 13.2. The van der Waals surface area contributed by atoms with Crippen LogP contribution in [0, 0.1) is 5.53 Å². The van der Waals surface area contributed by atoms with Crippen LogP contribution < -0.4 is 15.4 Å². The first-order chi connectivity index (χ1) is 19.6. The SMILES string of the molecule is N=NC(N)=NC(=O)c1ccc(CN(C(=O)Cc2ccc(OC(F)(F)F)cc2)c2ccc(C3CCCCC3)cc2)cc1. The molecule has 0 radical (unpaired) electrons. The molecule has 3 aromatic rings. The molecule has 4 rings (SSSR count). The Morgan fingerprint density at radius 2 is 1.51 bits per heavy atom. The predicted molar refractivity (Wildman–Crippen MR) is 148 cm³/mol. The molecule has 11 heteroatoms. The maximum absolute atomic E-state index is 13.5. The number of hydrogen-bond acceptors (Lipinski definition) is 4. The van der Waals surface area contributed by atoms with Gasteiger partial charge < -0.3 is 15.4 Å². The molecule has 0 saturated heterocycles. The van der Waals surface area contributed by atoms with Gasteiger partial charge in [0, 0.05) is 11.3 Å². The maximum atomic E-state index is 13.5. The highest BCUT2D eigenvalue weighted by Gasteiger charge is 2.31. The number of carbonyl (C=O) groups is 2. The number of aliphatic imine (C=N–C) groups is 1. The van der Waals surface area contributed by atoms with E-state index in [1.807, 2.05) is 12.1 Å². The maximum Gasteiger partial charge on any atom is 0.573 e. The number of ether oxygens (including phenoxy) is 1. The van der Waals surface area contributed by atoms with Gasteiger partial charge in [-0.15, -0.1) is 18.3 Å². The van der Waals surface area contributed by atoms with E-state index in [1.165, 1.54) is 49.1 Å². The Kier molecular flexibility index (Phi) is 9.49. The second kappa shape index (κ2) is 13.2. The van der Waals surface area contributed by atoms with Crippen molar-refractivity contribution in [1.29, 1.82) is 5.53 Å². The van der Waals surface area contributed by atoms with Crippen molar-refractivity contribution >= 4 is 23.5 Å². The van der Waals surface area contributed by atoms with E-state index < -0.39 is 18.2 Å². The predicted octanol–water partition coefficient (Wildman–Crippen LogP) is 6.89. The van der Waals surface area contributed by atoms with E-state index in [1.54, 1.807) is 29.2 Å². The van der Waals surface area contributed by atoms with Crippen molar-refractivity contribution in [1.82, 2.24) is 0 Å². The molecule has 41 heavy (non-hydrogen) atoms. The molecule has 8 nitrogen and oxygen atoms in total. The van der Waals surface area contributed by atoms with Crippen molar-refractivity contribution in [2.75, 3.05) is 4.90 Å². The minimum Gasteiger partial charge on any atom is -0.406 e. The number of alkyl halides is 3. The number of carbonyl (C=O) groups excluding carboxylic acids is 2. The molecule has 214 valence electrons. The number of nitrogens with zero attached hydrogens (tertiary/aromatic N) is 3. The largest absolute Gasteiger partial charge is 0.573 e. The normalized spacial score (nSPS) is 14.4. The van der Waals surface area contributed by atoms with Crippen LogP contribution in [0.3, 0.4) is 0 Å². The zero-order chi connectivity index (χ0) is 29.4. The number of guanidine groups is 1. The van der Waals surface area contributed by atoms with Crippen molar-refractivity contribution in [3.05, 3.63) is 95.1 Å². The molecule has 3 aromatic carbocycles. The minimum atomic E-state index is -4.80. The zero-order valence-electron chi connectivity index (χ0n) is 22.2. The highest BCUT2D eigenvalue weighted by atomic mass is 19.4. The molecule has 1 fully saturated rings. The Morgan fingerprint density at radius 1 is 0.902 bits per heavy atom. The number of anilines is 1. The molecule has 0 aromatic heterocycles. The van der Waals surface area contributed by atoms with Crippen LogP contribution in [0.25, 0.3) is 0 Å². The first-order valence-corrected chi connectivity index (χ1v) is 13.2. The summed E-state index contributed by atoms with van der Waals surface area (Å²) in [7, 11) is 0. The second-order valence-corrected chi connectivity index (χ2v) is 9.86. The van der Waals surface area contributed by atoms with E-state index in [9.17, 15) is 22.8 Å². The topological polar surface area (TPSA) is 121 Å². The molecular weight excluding hydrogens is 535 g/mol. The van der Waals surface area contributed by atoms with Crippen LogP contribution in [0.15, 0.2) is 82.9 Å². The third-order valence-corrected chi connectivity index (χ3v) is 6.97. The van der Waals surface area contributed by atoms with Crippen LogP contribution in [-0.4, -0.2) is 24.1 Å². The highest BCUT2D eigenvalue weighted by molar-refractivity contribution is 6.02. The van der Waals surface area contributed by atoms with E-state index in [2.05, 4.69) is 27.0 Å². The van der Waals surface area contributed by atoms with E-state index >= 15 is 0 Å². The summed E-state index contributed by atoms with van der Waals surface area (Å²) in [5.74, 6) is -1.21. The van der Waals surface area contributed by atoms with Crippen LogP contribution >= 0.6 is 0 Å². The summed E-state index contributed by atoms with van der Waals surface area (Å²) in [5, 5.41) is 2.91. The van der Waals surface area contributed by atoms with E-state index in [-0.39, 0.29) is 30.2 Å². The van der Waals surface area contributed by atoms with Gasteiger partial charge in [0.2, 0.25) is 11.9 Å². The van der Waals surface area contributed by atoms with Crippen molar-refractivity contribution in [2.45, 2.75) is 57.3 Å². The Hall–Kier alpha value is -4.54.